The maximum absolute atomic E-state index is 6.06. The van der Waals surface area contributed by atoms with Gasteiger partial charge in [0.25, 0.3) is 0 Å². The molecule has 1 radical (unpaired) electrons. The van der Waals surface area contributed by atoms with E-state index in [0.717, 1.165) is 0 Å². The van der Waals surface area contributed by atoms with E-state index in [1.807, 2.05) is 91.0 Å². The van der Waals surface area contributed by atoms with E-state index in [4.69, 9.17) is 14.2 Å². The molecule has 1 aromatic heterocycles. The first-order valence-corrected chi connectivity index (χ1v) is 8.48. The van der Waals surface area contributed by atoms with Gasteiger partial charge in [-0.3, -0.25) is 0 Å². The molecule has 0 aliphatic heterocycles. The van der Waals surface area contributed by atoms with E-state index >= 15 is 0 Å². The topological polar surface area (TPSA) is 40.6 Å². The molecule has 1 heterocycles. The first-order chi connectivity index (χ1) is 13.4. The molecule has 131 valence electrons. The van der Waals surface area contributed by atoms with E-state index in [1.54, 1.807) is 6.20 Å². The normalized spacial score (nSPS) is 10.2. The van der Waals surface area contributed by atoms with Gasteiger partial charge in [-0.05, 0) is 36.4 Å². The second-order valence-corrected chi connectivity index (χ2v) is 5.64. The zero-order chi connectivity index (χ0) is 18.3. The summed E-state index contributed by atoms with van der Waals surface area (Å²) in [5.74, 6) is 3.18. The third kappa shape index (κ3) is 4.25. The van der Waals surface area contributed by atoms with Crippen molar-refractivity contribution in [1.29, 1.82) is 0 Å². The first kappa shape index (κ1) is 16.7. The fourth-order valence-electron chi connectivity index (χ4n) is 2.44. The molecular weight excluding hydrogens is 338 g/mol. The lowest BCUT2D eigenvalue weighted by molar-refractivity contribution is 0.382. The molecule has 0 atom stereocenters. The summed E-state index contributed by atoms with van der Waals surface area (Å²) in [6, 6.07) is 28.3. The molecule has 3 aromatic carbocycles. The van der Waals surface area contributed by atoms with Gasteiger partial charge in [-0.1, -0.05) is 54.6 Å². The molecule has 4 heteroatoms. The van der Waals surface area contributed by atoms with Crippen LogP contribution in [-0.2, 0) is 0 Å². The number of hydrogen-bond acceptors (Lipinski definition) is 4. The van der Waals surface area contributed by atoms with Gasteiger partial charge in [0, 0.05) is 0 Å². The van der Waals surface area contributed by atoms with Gasteiger partial charge in [-0.15, -0.1) is 0 Å². The molecule has 4 aromatic rings. The van der Waals surface area contributed by atoms with Crippen molar-refractivity contribution in [3.63, 3.8) is 0 Å². The van der Waals surface area contributed by atoms with Gasteiger partial charge in [0.1, 0.15) is 23.4 Å². The van der Waals surface area contributed by atoms with Crippen molar-refractivity contribution in [3.8, 4) is 34.5 Å². The van der Waals surface area contributed by atoms with Crippen molar-refractivity contribution in [2.75, 3.05) is 0 Å². The average molecular weight is 354 g/mol. The van der Waals surface area contributed by atoms with Gasteiger partial charge >= 0.3 is 0 Å². The SMILES string of the molecule is [c]1ncc(Oc2ccccc2)c(Oc2ccccc2)c1Oc1ccccc1. The highest BCUT2D eigenvalue weighted by Crippen LogP contribution is 2.42. The molecule has 0 fully saturated rings. The highest BCUT2D eigenvalue weighted by molar-refractivity contribution is 5.53. The first-order valence-electron chi connectivity index (χ1n) is 8.48. The second kappa shape index (κ2) is 8.06. The van der Waals surface area contributed by atoms with Crippen molar-refractivity contribution in [1.82, 2.24) is 4.98 Å². The van der Waals surface area contributed by atoms with Crippen molar-refractivity contribution in [2.45, 2.75) is 0 Å². The van der Waals surface area contributed by atoms with Gasteiger partial charge in [-0.2, -0.15) is 0 Å². The molecule has 0 saturated heterocycles. The van der Waals surface area contributed by atoms with Crippen LogP contribution in [0.5, 0.6) is 34.5 Å². The number of ether oxygens (including phenoxy) is 3. The molecule has 27 heavy (non-hydrogen) atoms. The fraction of sp³-hybridized carbons (Fsp3) is 0. The summed E-state index contributed by atoms with van der Waals surface area (Å²) in [7, 11) is 0. The van der Waals surface area contributed by atoms with E-state index in [0.29, 0.717) is 34.5 Å². The van der Waals surface area contributed by atoms with Crippen LogP contribution in [0, 0.1) is 6.20 Å². The van der Waals surface area contributed by atoms with Crippen LogP contribution in [0.15, 0.2) is 97.2 Å². The maximum atomic E-state index is 6.06. The quantitative estimate of drug-likeness (QED) is 0.410. The van der Waals surface area contributed by atoms with Gasteiger partial charge < -0.3 is 14.2 Å². The largest absolute Gasteiger partial charge is 0.452 e. The van der Waals surface area contributed by atoms with Gasteiger partial charge in [0.05, 0.1) is 6.20 Å². The van der Waals surface area contributed by atoms with Gasteiger partial charge in [-0.25, -0.2) is 4.98 Å². The number of hydrogen-bond donors (Lipinski definition) is 0. The predicted molar refractivity (Wildman–Crippen MR) is 103 cm³/mol. The van der Waals surface area contributed by atoms with E-state index in [2.05, 4.69) is 11.2 Å². The third-order valence-corrected chi connectivity index (χ3v) is 3.68. The van der Waals surface area contributed by atoms with Crippen LogP contribution in [-0.4, -0.2) is 4.98 Å². The smallest absolute Gasteiger partial charge is 0.216 e. The Kier molecular flexibility index (Phi) is 4.97. The third-order valence-electron chi connectivity index (χ3n) is 3.68. The lowest BCUT2D eigenvalue weighted by Gasteiger charge is -2.15. The van der Waals surface area contributed by atoms with E-state index in [-0.39, 0.29) is 0 Å². The van der Waals surface area contributed by atoms with E-state index in [1.165, 1.54) is 0 Å². The molecule has 0 amide bonds. The zero-order valence-electron chi connectivity index (χ0n) is 14.4. The van der Waals surface area contributed by atoms with Crippen molar-refractivity contribution >= 4 is 0 Å². The second-order valence-electron chi connectivity index (χ2n) is 5.64. The molecule has 0 unspecified atom stereocenters. The van der Waals surface area contributed by atoms with Crippen LogP contribution in [0.4, 0.5) is 0 Å². The predicted octanol–water partition coefficient (Wildman–Crippen LogP) is 6.26. The summed E-state index contributed by atoms with van der Waals surface area (Å²) < 4.78 is 18.0. The Balaban J connectivity index is 1.72. The van der Waals surface area contributed by atoms with Gasteiger partial charge in [0.2, 0.25) is 11.5 Å². The minimum absolute atomic E-state index is 0.346. The monoisotopic (exact) mass is 354 g/mol. The number of aromatic nitrogens is 1. The zero-order valence-corrected chi connectivity index (χ0v) is 14.4. The van der Waals surface area contributed by atoms with Crippen LogP contribution in [0.3, 0.4) is 0 Å². The number of rotatable bonds is 6. The molecule has 0 aliphatic carbocycles. The molecule has 4 nitrogen and oxygen atoms in total. The Morgan fingerprint density at radius 3 is 1.59 bits per heavy atom. The number of pyridine rings is 1. The van der Waals surface area contributed by atoms with Crippen LogP contribution >= 0.6 is 0 Å². The Morgan fingerprint density at radius 2 is 1.04 bits per heavy atom. The number of benzene rings is 3. The van der Waals surface area contributed by atoms with E-state index in [9.17, 15) is 0 Å². The maximum Gasteiger partial charge on any atom is 0.216 e. The van der Waals surface area contributed by atoms with Crippen LogP contribution in [0.25, 0.3) is 0 Å². The summed E-state index contributed by atoms with van der Waals surface area (Å²) in [5, 5.41) is 0. The lowest BCUT2D eigenvalue weighted by Crippen LogP contribution is -1.96. The van der Waals surface area contributed by atoms with Crippen molar-refractivity contribution in [3.05, 3.63) is 103 Å². The van der Waals surface area contributed by atoms with Crippen LogP contribution in [0.2, 0.25) is 0 Å². The summed E-state index contributed by atoms with van der Waals surface area (Å²) in [5.41, 5.74) is 0. The molecular formula is C23H16NO3. The Hall–Kier alpha value is -3.79. The molecule has 0 bridgehead atoms. The Labute approximate surface area is 157 Å². The van der Waals surface area contributed by atoms with Crippen LogP contribution in [0.1, 0.15) is 0 Å². The standard InChI is InChI=1S/C23H16NO3/c1-4-10-18(11-5-1)25-21-16-24-17-22(26-19-12-6-2-7-13-19)23(21)27-20-14-8-3-9-15-20/h1-16H. The lowest BCUT2D eigenvalue weighted by atomic mass is 10.3. The molecule has 0 N–H and O–H groups in total. The summed E-state index contributed by atoms with van der Waals surface area (Å²) in [4.78, 5) is 4.12. The van der Waals surface area contributed by atoms with Crippen molar-refractivity contribution in [2.24, 2.45) is 0 Å². The molecule has 0 spiro atoms. The van der Waals surface area contributed by atoms with Crippen LogP contribution < -0.4 is 14.2 Å². The summed E-state index contributed by atoms with van der Waals surface area (Å²) >= 11 is 0. The minimum Gasteiger partial charge on any atom is -0.452 e. The Bertz CT molecular complexity index is 930. The molecule has 4 rings (SSSR count). The number of para-hydroxylation sites is 3. The Morgan fingerprint density at radius 1 is 0.556 bits per heavy atom. The fourth-order valence-corrected chi connectivity index (χ4v) is 2.44. The highest BCUT2D eigenvalue weighted by atomic mass is 16.5. The highest BCUT2D eigenvalue weighted by Gasteiger charge is 2.17. The summed E-state index contributed by atoms with van der Waals surface area (Å²) in [6.45, 7) is 0. The molecule has 0 saturated carbocycles. The van der Waals surface area contributed by atoms with E-state index < -0.39 is 0 Å². The number of nitrogens with zero attached hydrogens (tertiary/aromatic N) is 1. The van der Waals surface area contributed by atoms with Gasteiger partial charge in [0.15, 0.2) is 5.75 Å². The molecule has 0 aliphatic rings. The minimum atomic E-state index is 0.346. The summed E-state index contributed by atoms with van der Waals surface area (Å²) in [6.07, 6.45) is 4.41. The van der Waals surface area contributed by atoms with Crippen molar-refractivity contribution < 1.29 is 14.2 Å². The average Bonchev–Trinajstić information content (AvgIpc) is 2.73.